The summed E-state index contributed by atoms with van der Waals surface area (Å²) in [5.74, 6) is 0.290. The van der Waals surface area contributed by atoms with Crippen LogP contribution in [0.4, 0.5) is 0 Å². The Morgan fingerprint density at radius 2 is 1.86 bits per heavy atom. The summed E-state index contributed by atoms with van der Waals surface area (Å²) in [6.07, 6.45) is 8.62. The summed E-state index contributed by atoms with van der Waals surface area (Å²) in [5, 5.41) is 3.46. The number of carbonyl (C=O) groups excluding carboxylic acids is 1. The zero-order chi connectivity index (χ0) is 14.3. The van der Waals surface area contributed by atoms with Crippen LogP contribution < -0.4 is 5.32 Å². The molecule has 5 heteroatoms. The topological polar surface area (TPSA) is 32.3 Å². The van der Waals surface area contributed by atoms with Gasteiger partial charge in [-0.05, 0) is 75.1 Å². The van der Waals surface area contributed by atoms with Crippen LogP contribution in [-0.4, -0.2) is 37.0 Å². The second-order valence-corrected chi connectivity index (χ2v) is 8.09. The van der Waals surface area contributed by atoms with E-state index in [1.54, 1.807) is 11.3 Å². The third-order valence-corrected chi connectivity index (χ3v) is 6.96. The summed E-state index contributed by atoms with van der Waals surface area (Å²) >= 11 is 1.75. The van der Waals surface area contributed by atoms with Crippen LogP contribution in [0.1, 0.15) is 52.2 Å². The van der Waals surface area contributed by atoms with Gasteiger partial charge in [-0.15, -0.1) is 23.7 Å². The minimum atomic E-state index is 0. The fourth-order valence-electron chi connectivity index (χ4n) is 4.23. The number of rotatable bonds is 1. The Hall–Kier alpha value is -0.580. The molecule has 1 aromatic heterocycles. The van der Waals surface area contributed by atoms with E-state index in [-0.39, 0.29) is 18.3 Å². The minimum Gasteiger partial charge on any atom is -0.338 e. The number of nitrogens with one attached hydrogen (secondary N) is 1. The largest absolute Gasteiger partial charge is 0.338 e. The van der Waals surface area contributed by atoms with Crippen molar-refractivity contribution >= 4 is 29.7 Å². The van der Waals surface area contributed by atoms with Crippen LogP contribution in [0.5, 0.6) is 0 Å². The summed E-state index contributed by atoms with van der Waals surface area (Å²) in [4.78, 5) is 17.3. The molecule has 1 aliphatic carbocycles. The standard InChI is InChI=1S/C17H24N2OS.ClH/c20-16(15-12-13-2-1-3-14(13)21-15)19-10-6-17(7-11-19)4-8-18-9-5-17;/h12,18H,1-11H2;1H. The first-order valence-electron chi connectivity index (χ1n) is 8.37. The molecule has 2 fully saturated rings. The van der Waals surface area contributed by atoms with Gasteiger partial charge in [0.05, 0.1) is 4.88 Å². The first-order chi connectivity index (χ1) is 10.3. The fraction of sp³-hybridized carbons (Fsp3) is 0.706. The molecule has 122 valence electrons. The average Bonchev–Trinajstić information content (AvgIpc) is 3.09. The molecule has 2 saturated heterocycles. The predicted molar refractivity (Wildman–Crippen MR) is 93.3 cm³/mol. The van der Waals surface area contributed by atoms with Gasteiger partial charge in [-0.1, -0.05) is 0 Å². The number of nitrogens with zero attached hydrogens (tertiary/aromatic N) is 1. The summed E-state index contributed by atoms with van der Waals surface area (Å²) in [6.45, 7) is 4.24. The van der Waals surface area contributed by atoms with Gasteiger partial charge < -0.3 is 10.2 Å². The summed E-state index contributed by atoms with van der Waals surface area (Å²) < 4.78 is 0. The van der Waals surface area contributed by atoms with E-state index in [4.69, 9.17) is 0 Å². The SMILES string of the molecule is Cl.O=C(c1cc2c(s1)CCC2)N1CCC2(CCNCC2)CC1. The number of thiophene rings is 1. The lowest BCUT2D eigenvalue weighted by Crippen LogP contribution is -2.47. The number of likely N-dealkylation sites (tertiary alicyclic amines) is 1. The van der Waals surface area contributed by atoms with Gasteiger partial charge in [0.25, 0.3) is 5.91 Å². The molecule has 3 aliphatic rings. The Balaban J connectivity index is 0.00000144. The van der Waals surface area contributed by atoms with Crippen LogP contribution in [0.25, 0.3) is 0 Å². The van der Waals surface area contributed by atoms with Crippen molar-refractivity contribution in [2.75, 3.05) is 26.2 Å². The molecule has 22 heavy (non-hydrogen) atoms. The van der Waals surface area contributed by atoms with Gasteiger partial charge in [-0.25, -0.2) is 0 Å². The fourth-order valence-corrected chi connectivity index (χ4v) is 5.45. The van der Waals surface area contributed by atoms with E-state index < -0.39 is 0 Å². The van der Waals surface area contributed by atoms with Gasteiger partial charge in [0.15, 0.2) is 0 Å². The molecule has 1 aromatic rings. The Labute approximate surface area is 142 Å². The van der Waals surface area contributed by atoms with Gasteiger partial charge in [0, 0.05) is 18.0 Å². The Bertz CT molecular complexity index is 519. The molecule has 0 bridgehead atoms. The molecule has 4 rings (SSSR count). The molecule has 2 aliphatic heterocycles. The summed E-state index contributed by atoms with van der Waals surface area (Å²) in [5.41, 5.74) is 1.97. The van der Waals surface area contributed by atoms with Crippen molar-refractivity contribution in [3.8, 4) is 0 Å². The number of piperidine rings is 2. The zero-order valence-electron chi connectivity index (χ0n) is 13.0. The number of hydrogen-bond acceptors (Lipinski definition) is 3. The van der Waals surface area contributed by atoms with E-state index in [1.165, 1.54) is 55.4 Å². The van der Waals surface area contributed by atoms with Gasteiger partial charge in [0.2, 0.25) is 0 Å². The summed E-state index contributed by atoms with van der Waals surface area (Å²) in [7, 11) is 0. The van der Waals surface area contributed by atoms with E-state index in [2.05, 4.69) is 16.3 Å². The monoisotopic (exact) mass is 340 g/mol. The number of fused-ring (bicyclic) bond motifs is 1. The van der Waals surface area contributed by atoms with E-state index in [1.807, 2.05) is 0 Å². The van der Waals surface area contributed by atoms with Crippen LogP contribution in [0.2, 0.25) is 0 Å². The normalized spacial score (nSPS) is 23.2. The highest BCUT2D eigenvalue weighted by molar-refractivity contribution is 7.14. The first kappa shape index (κ1) is 16.3. The van der Waals surface area contributed by atoms with Crippen molar-refractivity contribution in [1.29, 1.82) is 0 Å². The lowest BCUT2D eigenvalue weighted by Gasteiger charge is -2.44. The van der Waals surface area contributed by atoms with E-state index in [0.717, 1.165) is 31.1 Å². The number of halogens is 1. The molecule has 3 heterocycles. The number of carbonyl (C=O) groups is 1. The van der Waals surface area contributed by atoms with Gasteiger partial charge >= 0.3 is 0 Å². The maximum Gasteiger partial charge on any atom is 0.263 e. The second kappa shape index (κ2) is 6.50. The third kappa shape index (κ3) is 2.93. The lowest BCUT2D eigenvalue weighted by molar-refractivity contribution is 0.0500. The Morgan fingerprint density at radius 1 is 1.14 bits per heavy atom. The zero-order valence-corrected chi connectivity index (χ0v) is 14.7. The number of aryl methyl sites for hydroxylation is 2. The molecule has 0 aromatic carbocycles. The van der Waals surface area contributed by atoms with Crippen molar-refractivity contribution in [2.24, 2.45) is 5.41 Å². The van der Waals surface area contributed by atoms with Crippen LogP contribution in [0.15, 0.2) is 6.07 Å². The Kier molecular flexibility index (Phi) is 4.81. The van der Waals surface area contributed by atoms with Crippen molar-refractivity contribution in [1.82, 2.24) is 10.2 Å². The molecule has 0 saturated carbocycles. The van der Waals surface area contributed by atoms with Gasteiger partial charge in [0.1, 0.15) is 0 Å². The smallest absolute Gasteiger partial charge is 0.263 e. The first-order valence-corrected chi connectivity index (χ1v) is 9.19. The minimum absolute atomic E-state index is 0. The highest BCUT2D eigenvalue weighted by Crippen LogP contribution is 2.40. The number of hydrogen-bond donors (Lipinski definition) is 1. The van der Waals surface area contributed by atoms with Crippen LogP contribution in [-0.2, 0) is 12.8 Å². The molecular weight excluding hydrogens is 316 g/mol. The Morgan fingerprint density at radius 3 is 2.55 bits per heavy atom. The molecule has 0 unspecified atom stereocenters. The second-order valence-electron chi connectivity index (χ2n) is 6.95. The highest BCUT2D eigenvalue weighted by Gasteiger charge is 2.37. The quantitative estimate of drug-likeness (QED) is 0.851. The molecule has 1 N–H and O–H groups in total. The van der Waals surface area contributed by atoms with Gasteiger partial charge in [-0.3, -0.25) is 4.79 Å². The van der Waals surface area contributed by atoms with Gasteiger partial charge in [-0.2, -0.15) is 0 Å². The van der Waals surface area contributed by atoms with E-state index >= 15 is 0 Å². The lowest BCUT2D eigenvalue weighted by atomic mass is 9.71. The van der Waals surface area contributed by atoms with Crippen LogP contribution in [0.3, 0.4) is 0 Å². The molecule has 3 nitrogen and oxygen atoms in total. The molecule has 1 spiro atoms. The molecular formula is C17H25ClN2OS. The molecule has 1 amide bonds. The van der Waals surface area contributed by atoms with Crippen LogP contribution >= 0.6 is 23.7 Å². The van der Waals surface area contributed by atoms with Crippen molar-refractivity contribution in [3.05, 3.63) is 21.4 Å². The molecule has 0 atom stereocenters. The maximum atomic E-state index is 12.7. The molecule has 0 radical (unpaired) electrons. The highest BCUT2D eigenvalue weighted by atomic mass is 35.5. The predicted octanol–water partition coefficient (Wildman–Crippen LogP) is 3.26. The number of amides is 1. The van der Waals surface area contributed by atoms with E-state index in [0.29, 0.717) is 5.41 Å². The summed E-state index contributed by atoms with van der Waals surface area (Å²) in [6, 6.07) is 2.17. The van der Waals surface area contributed by atoms with Crippen LogP contribution in [0, 0.1) is 5.41 Å². The van der Waals surface area contributed by atoms with E-state index in [9.17, 15) is 4.79 Å². The maximum absolute atomic E-state index is 12.7. The van der Waals surface area contributed by atoms with Crippen molar-refractivity contribution < 1.29 is 4.79 Å². The average molecular weight is 341 g/mol. The van der Waals surface area contributed by atoms with Crippen molar-refractivity contribution in [2.45, 2.75) is 44.9 Å². The third-order valence-electron chi connectivity index (χ3n) is 5.73. The van der Waals surface area contributed by atoms with Crippen molar-refractivity contribution in [3.63, 3.8) is 0 Å².